The van der Waals surface area contributed by atoms with Gasteiger partial charge in [-0.3, -0.25) is 14.5 Å². The molecular weight excluding hydrogens is 200 g/mol. The number of hydrogen-bond donors (Lipinski definition) is 3. The van der Waals surface area contributed by atoms with Crippen LogP contribution in [0.3, 0.4) is 0 Å². The Kier molecular flexibility index (Phi) is 4.51. The number of amides is 1. The van der Waals surface area contributed by atoms with Crippen LogP contribution in [0.1, 0.15) is 12.8 Å². The third kappa shape index (κ3) is 3.49. The lowest BCUT2D eigenvalue weighted by Crippen LogP contribution is -2.57. The summed E-state index contributed by atoms with van der Waals surface area (Å²) in [7, 11) is 0. The molecule has 1 heterocycles. The van der Waals surface area contributed by atoms with Crippen molar-refractivity contribution in [3.63, 3.8) is 0 Å². The van der Waals surface area contributed by atoms with Gasteiger partial charge in [-0.2, -0.15) is 0 Å². The van der Waals surface area contributed by atoms with Crippen molar-refractivity contribution in [2.75, 3.05) is 26.2 Å². The van der Waals surface area contributed by atoms with Gasteiger partial charge in [0.15, 0.2) is 0 Å². The number of piperazine rings is 1. The molecule has 6 nitrogen and oxygen atoms in total. The van der Waals surface area contributed by atoms with Crippen LogP contribution >= 0.6 is 0 Å². The van der Waals surface area contributed by atoms with E-state index < -0.39 is 12.0 Å². The topological polar surface area (TPSA) is 89.9 Å². The van der Waals surface area contributed by atoms with E-state index in [2.05, 4.69) is 5.32 Å². The first-order valence-electron chi connectivity index (χ1n) is 4.99. The van der Waals surface area contributed by atoms with Crippen molar-refractivity contribution >= 4 is 11.9 Å². The fourth-order valence-electron chi connectivity index (χ4n) is 1.60. The number of nitrogens with one attached hydrogen (secondary N) is 1. The van der Waals surface area contributed by atoms with Crippen LogP contribution in [-0.4, -0.2) is 59.3 Å². The second kappa shape index (κ2) is 5.67. The summed E-state index contributed by atoms with van der Waals surface area (Å²) in [5, 5.41) is 20.0. The average Bonchev–Trinajstić information content (AvgIpc) is 2.18. The van der Waals surface area contributed by atoms with Crippen molar-refractivity contribution in [1.82, 2.24) is 10.2 Å². The number of carboxylic acid groups (broad SMARTS) is 1. The summed E-state index contributed by atoms with van der Waals surface area (Å²) < 4.78 is 0. The molecule has 0 bridgehead atoms. The summed E-state index contributed by atoms with van der Waals surface area (Å²) in [6.45, 7) is 0.915. The van der Waals surface area contributed by atoms with Crippen LogP contribution in [-0.2, 0) is 9.59 Å². The predicted molar refractivity (Wildman–Crippen MR) is 52.3 cm³/mol. The van der Waals surface area contributed by atoms with Gasteiger partial charge < -0.3 is 15.5 Å². The van der Waals surface area contributed by atoms with E-state index in [1.165, 1.54) is 0 Å². The number of carboxylic acids is 1. The molecule has 1 unspecified atom stereocenters. The molecule has 0 aromatic heterocycles. The first-order chi connectivity index (χ1) is 7.15. The fourth-order valence-corrected chi connectivity index (χ4v) is 1.60. The number of carbonyl (C=O) groups excluding carboxylic acids is 1. The molecule has 0 aromatic rings. The van der Waals surface area contributed by atoms with E-state index in [4.69, 9.17) is 10.2 Å². The monoisotopic (exact) mass is 216 g/mol. The molecule has 1 aliphatic rings. The van der Waals surface area contributed by atoms with Gasteiger partial charge in [-0.1, -0.05) is 0 Å². The second-order valence-corrected chi connectivity index (χ2v) is 3.56. The lowest BCUT2D eigenvalue weighted by molar-refractivity contribution is -0.146. The van der Waals surface area contributed by atoms with Crippen LogP contribution in [0.2, 0.25) is 0 Å². The largest absolute Gasteiger partial charge is 0.480 e. The maximum atomic E-state index is 11.1. The number of nitrogens with zero attached hydrogens (tertiary/aromatic N) is 1. The van der Waals surface area contributed by atoms with Crippen molar-refractivity contribution in [3.8, 4) is 0 Å². The lowest BCUT2D eigenvalue weighted by Gasteiger charge is -2.32. The maximum Gasteiger partial charge on any atom is 0.322 e. The number of hydrogen-bond acceptors (Lipinski definition) is 4. The lowest BCUT2D eigenvalue weighted by atomic mass is 10.1. The van der Waals surface area contributed by atoms with Gasteiger partial charge in [-0.15, -0.1) is 0 Å². The zero-order valence-electron chi connectivity index (χ0n) is 8.48. The predicted octanol–water partition coefficient (Wildman–Crippen LogP) is -1.36. The van der Waals surface area contributed by atoms with Gasteiger partial charge in [-0.25, -0.2) is 0 Å². The van der Waals surface area contributed by atoms with E-state index in [1.54, 1.807) is 4.90 Å². The standard InChI is InChI=1S/C9H16N2O4/c12-4-2-1-3-11-6-8(13)10-5-7(11)9(14)15/h7,12H,1-6H2,(H,10,13)(H,14,15). The van der Waals surface area contributed by atoms with E-state index in [-0.39, 0.29) is 25.6 Å². The molecule has 0 radical (unpaired) electrons. The van der Waals surface area contributed by atoms with Gasteiger partial charge in [0.2, 0.25) is 5.91 Å². The van der Waals surface area contributed by atoms with Crippen molar-refractivity contribution < 1.29 is 19.8 Å². The number of aliphatic carboxylic acids is 1. The Bertz CT molecular complexity index is 244. The van der Waals surface area contributed by atoms with Crippen LogP contribution in [0, 0.1) is 0 Å². The number of unbranched alkanes of at least 4 members (excludes halogenated alkanes) is 1. The average molecular weight is 216 g/mol. The van der Waals surface area contributed by atoms with Crippen LogP contribution in [0.25, 0.3) is 0 Å². The van der Waals surface area contributed by atoms with Crippen LogP contribution in [0.15, 0.2) is 0 Å². The highest BCUT2D eigenvalue weighted by Gasteiger charge is 2.30. The van der Waals surface area contributed by atoms with Crippen molar-refractivity contribution in [2.24, 2.45) is 0 Å². The van der Waals surface area contributed by atoms with Gasteiger partial charge in [0, 0.05) is 13.2 Å². The summed E-state index contributed by atoms with van der Waals surface area (Å²) >= 11 is 0. The summed E-state index contributed by atoms with van der Waals surface area (Å²) in [5.74, 6) is -1.06. The molecule has 0 aromatic carbocycles. The molecule has 1 atom stereocenters. The number of aliphatic hydroxyl groups is 1. The molecule has 1 fully saturated rings. The molecule has 1 aliphatic heterocycles. The van der Waals surface area contributed by atoms with Gasteiger partial charge >= 0.3 is 5.97 Å². The minimum Gasteiger partial charge on any atom is -0.480 e. The minimum atomic E-state index is -0.918. The summed E-state index contributed by atoms with van der Waals surface area (Å²) in [6, 6.07) is -0.638. The first-order valence-corrected chi connectivity index (χ1v) is 4.99. The highest BCUT2D eigenvalue weighted by atomic mass is 16.4. The molecular formula is C9H16N2O4. The molecule has 1 rings (SSSR count). The maximum absolute atomic E-state index is 11.1. The number of carbonyl (C=O) groups is 2. The van der Waals surface area contributed by atoms with E-state index in [0.717, 1.165) is 0 Å². The molecule has 1 saturated heterocycles. The summed E-state index contributed by atoms with van der Waals surface area (Å²) in [6.07, 6.45) is 1.33. The number of rotatable bonds is 5. The first kappa shape index (κ1) is 11.9. The molecule has 15 heavy (non-hydrogen) atoms. The van der Waals surface area contributed by atoms with Crippen LogP contribution in [0.5, 0.6) is 0 Å². The summed E-state index contributed by atoms with van der Waals surface area (Å²) in [4.78, 5) is 23.6. The Morgan fingerprint density at radius 1 is 1.53 bits per heavy atom. The Hall–Kier alpha value is -1.14. The van der Waals surface area contributed by atoms with E-state index >= 15 is 0 Å². The second-order valence-electron chi connectivity index (χ2n) is 3.56. The fraction of sp³-hybridized carbons (Fsp3) is 0.778. The van der Waals surface area contributed by atoms with E-state index in [0.29, 0.717) is 19.4 Å². The Balaban J connectivity index is 2.46. The zero-order valence-corrected chi connectivity index (χ0v) is 8.48. The van der Waals surface area contributed by atoms with Crippen LogP contribution in [0.4, 0.5) is 0 Å². The molecule has 0 saturated carbocycles. The van der Waals surface area contributed by atoms with Crippen molar-refractivity contribution in [1.29, 1.82) is 0 Å². The highest BCUT2D eigenvalue weighted by Crippen LogP contribution is 2.06. The highest BCUT2D eigenvalue weighted by molar-refractivity contribution is 5.83. The Labute approximate surface area is 87.9 Å². The molecule has 3 N–H and O–H groups in total. The summed E-state index contributed by atoms with van der Waals surface area (Å²) in [5.41, 5.74) is 0. The van der Waals surface area contributed by atoms with Gasteiger partial charge in [-0.05, 0) is 19.4 Å². The van der Waals surface area contributed by atoms with Gasteiger partial charge in [0.1, 0.15) is 6.04 Å². The molecule has 0 aliphatic carbocycles. The molecule has 86 valence electrons. The Morgan fingerprint density at radius 3 is 2.87 bits per heavy atom. The molecule has 0 spiro atoms. The normalized spacial score (nSPS) is 22.5. The Morgan fingerprint density at radius 2 is 2.27 bits per heavy atom. The SMILES string of the molecule is O=C1CN(CCCCO)C(C(=O)O)CN1. The minimum absolute atomic E-state index is 0.0950. The van der Waals surface area contributed by atoms with Gasteiger partial charge in [0.25, 0.3) is 0 Å². The smallest absolute Gasteiger partial charge is 0.322 e. The third-order valence-corrected chi connectivity index (χ3v) is 2.42. The van der Waals surface area contributed by atoms with Crippen molar-refractivity contribution in [2.45, 2.75) is 18.9 Å². The zero-order chi connectivity index (χ0) is 11.3. The van der Waals surface area contributed by atoms with Gasteiger partial charge in [0.05, 0.1) is 6.54 Å². The van der Waals surface area contributed by atoms with Crippen molar-refractivity contribution in [3.05, 3.63) is 0 Å². The molecule has 1 amide bonds. The third-order valence-electron chi connectivity index (χ3n) is 2.42. The van der Waals surface area contributed by atoms with E-state index in [9.17, 15) is 9.59 Å². The quantitative estimate of drug-likeness (QED) is 0.494. The van der Waals surface area contributed by atoms with Crippen LogP contribution < -0.4 is 5.32 Å². The molecule has 6 heteroatoms. The number of aliphatic hydroxyl groups excluding tert-OH is 1. The van der Waals surface area contributed by atoms with E-state index in [1.807, 2.05) is 0 Å².